The highest BCUT2D eigenvalue weighted by Crippen LogP contribution is 1.80. The molecule has 0 rings (SSSR count). The molecule has 0 saturated carbocycles. The van der Waals surface area contributed by atoms with Gasteiger partial charge in [-0.15, -0.1) is 0 Å². The van der Waals surface area contributed by atoms with Gasteiger partial charge in [0.1, 0.15) is 0 Å². The summed E-state index contributed by atoms with van der Waals surface area (Å²) in [5.41, 5.74) is 0. The Balaban J connectivity index is -0.000000209. The maximum Gasteiger partial charge on any atom is 0.263 e. The molecule has 0 aliphatic heterocycles. The molecule has 0 aromatic carbocycles. The van der Waals surface area contributed by atoms with Crippen molar-refractivity contribution >= 4 is 17.1 Å². The number of ether oxygens (including phenoxy) is 9. The molecule has 0 heterocycles. The molecule has 15 heteroatoms. The number of aliphatic hydroxyl groups is 3. The van der Waals surface area contributed by atoms with E-state index in [1.165, 1.54) is 0 Å². The second-order valence-corrected chi connectivity index (χ2v) is 9.38. The molecule has 0 amide bonds. The van der Waals surface area contributed by atoms with Gasteiger partial charge in [-0.1, -0.05) is 0 Å². The minimum absolute atomic E-state index is 0.0675. The minimum Gasteiger partial charge on any atom is -0.487 e. The summed E-state index contributed by atoms with van der Waals surface area (Å²) in [4.78, 5) is 0. The Bertz CT molecular complexity index is 286. The lowest BCUT2D eigenvalue weighted by molar-refractivity contribution is 0.0159. The number of rotatable bonds is 25. The van der Waals surface area contributed by atoms with Crippen LogP contribution in [0.25, 0.3) is 0 Å². The second kappa shape index (κ2) is 49.7. The molecular weight excluding hydrogens is 523 g/mol. The third kappa shape index (κ3) is 65.1. The fourth-order valence-electron chi connectivity index (χ4n) is 1.59. The quantitative estimate of drug-likeness (QED) is 0.0902. The van der Waals surface area contributed by atoms with Crippen LogP contribution in [0.1, 0.15) is 0 Å². The lowest BCUT2D eigenvalue weighted by atomic mass is 10.6. The summed E-state index contributed by atoms with van der Waals surface area (Å²) in [6.45, 7) is 12.3. The van der Waals surface area contributed by atoms with Crippen molar-refractivity contribution in [1.29, 1.82) is 0 Å². The Morgan fingerprint density at radius 3 is 0.763 bits per heavy atom. The summed E-state index contributed by atoms with van der Waals surface area (Å²) in [5.74, 6) is 0. The zero-order valence-corrected chi connectivity index (χ0v) is 25.5. The van der Waals surface area contributed by atoms with Crippen LogP contribution in [0.15, 0.2) is 0 Å². The summed E-state index contributed by atoms with van der Waals surface area (Å²) in [5, 5.41) is 25.0. The summed E-state index contributed by atoms with van der Waals surface area (Å²) >= 11 is 0. The van der Waals surface area contributed by atoms with E-state index < -0.39 is 9.04 Å². The van der Waals surface area contributed by atoms with E-state index in [-0.39, 0.29) is 19.8 Å². The topological polar surface area (TPSA) is 153 Å². The van der Waals surface area contributed by atoms with Crippen LogP contribution in [-0.4, -0.2) is 173 Å². The first kappa shape index (κ1) is 44.8. The molecule has 3 N–H and O–H groups in total. The molecule has 13 nitrogen and oxygen atoms in total. The maximum absolute atomic E-state index is 8.32. The Morgan fingerprint density at radius 2 is 0.605 bits per heavy atom. The van der Waals surface area contributed by atoms with Crippen molar-refractivity contribution in [2.75, 3.05) is 140 Å². The molecule has 0 aliphatic carbocycles. The van der Waals surface area contributed by atoms with Gasteiger partial charge in [0.25, 0.3) is 8.05 Å². The van der Waals surface area contributed by atoms with E-state index in [1.807, 2.05) is 13.1 Å². The average molecular weight is 579 g/mol. The largest absolute Gasteiger partial charge is 0.487 e. The van der Waals surface area contributed by atoms with Crippen LogP contribution >= 0.6 is 0 Å². The van der Waals surface area contributed by atoms with Gasteiger partial charge in [0.05, 0.1) is 119 Å². The molecule has 0 aromatic rings. The van der Waals surface area contributed by atoms with Gasteiger partial charge in [0, 0.05) is 21.3 Å². The predicted molar refractivity (Wildman–Crippen MR) is 148 cm³/mol. The van der Waals surface area contributed by atoms with Crippen molar-refractivity contribution in [2.45, 2.75) is 13.1 Å². The van der Waals surface area contributed by atoms with E-state index in [2.05, 4.69) is 4.34 Å². The maximum atomic E-state index is 8.32. The Kier molecular flexibility index (Phi) is 58.5. The van der Waals surface area contributed by atoms with Gasteiger partial charge in [-0.05, 0) is 13.1 Å². The summed E-state index contributed by atoms with van der Waals surface area (Å²) in [7, 11) is 8.75. The predicted octanol–water partition coefficient (Wildman–Crippen LogP) is -0.955. The number of hydrogen-bond acceptors (Lipinski definition) is 13. The summed E-state index contributed by atoms with van der Waals surface area (Å²) < 4.78 is 48.8. The van der Waals surface area contributed by atoms with Crippen molar-refractivity contribution in [3.63, 3.8) is 0 Å². The summed E-state index contributed by atoms with van der Waals surface area (Å²) in [6.07, 6.45) is 0. The highest BCUT2D eigenvalue weighted by molar-refractivity contribution is 6.52. The standard InChI is InChI=1S/3C7H16O4.C2H7BOSi/c3*1-9-4-5-11-7-6-10-3-2-8;1-5(2)4-3/h3*8H,2-7H2,1H3;5H,1-2H3. The van der Waals surface area contributed by atoms with Crippen LogP contribution < -0.4 is 0 Å². The third-order valence-corrected chi connectivity index (χ3v) is 3.93. The third-order valence-electron chi connectivity index (χ3n) is 3.39. The van der Waals surface area contributed by atoms with Crippen molar-refractivity contribution < 1.29 is 62.3 Å². The van der Waals surface area contributed by atoms with Crippen molar-refractivity contribution in [3.8, 4) is 0 Å². The van der Waals surface area contributed by atoms with Gasteiger partial charge in [-0.3, -0.25) is 0 Å². The molecule has 38 heavy (non-hydrogen) atoms. The Hall–Kier alpha value is -0.238. The van der Waals surface area contributed by atoms with Gasteiger partial charge < -0.3 is 62.3 Å². The van der Waals surface area contributed by atoms with Crippen LogP contribution in [0.5, 0.6) is 0 Å². The first-order valence-corrected chi connectivity index (χ1v) is 15.4. The van der Waals surface area contributed by atoms with Crippen molar-refractivity contribution in [1.82, 2.24) is 0 Å². The van der Waals surface area contributed by atoms with Crippen LogP contribution in [0.4, 0.5) is 0 Å². The monoisotopic (exact) mass is 578 g/mol. The molecular formula is C23H55BO13Si. The zero-order chi connectivity index (χ0) is 29.4. The van der Waals surface area contributed by atoms with Crippen molar-refractivity contribution in [3.05, 3.63) is 0 Å². The van der Waals surface area contributed by atoms with Crippen LogP contribution in [-0.2, 0) is 47.0 Å². The molecule has 0 aromatic heterocycles. The SMILES string of the molecule is COCCOCCOCCO.COCCOCCOCCO.COCCOCCOCCO.[B]O[SiH](C)C. The molecule has 0 saturated heterocycles. The minimum atomic E-state index is -0.872. The van der Waals surface area contributed by atoms with Crippen LogP contribution in [0.3, 0.4) is 0 Å². The van der Waals surface area contributed by atoms with E-state index in [1.54, 1.807) is 21.3 Å². The van der Waals surface area contributed by atoms with E-state index in [9.17, 15) is 0 Å². The average Bonchev–Trinajstić information content (AvgIpc) is 2.93. The van der Waals surface area contributed by atoms with Gasteiger partial charge in [-0.25, -0.2) is 0 Å². The summed E-state index contributed by atoms with van der Waals surface area (Å²) in [6, 6.07) is 0. The molecule has 0 bridgehead atoms. The van der Waals surface area contributed by atoms with E-state index >= 15 is 0 Å². The van der Waals surface area contributed by atoms with E-state index in [0.29, 0.717) is 99.1 Å². The second-order valence-electron chi connectivity index (χ2n) is 7.01. The fraction of sp³-hybridized carbons (Fsp3) is 1.00. The van der Waals surface area contributed by atoms with Gasteiger partial charge >= 0.3 is 0 Å². The van der Waals surface area contributed by atoms with Gasteiger partial charge in [-0.2, -0.15) is 0 Å². The van der Waals surface area contributed by atoms with Crippen LogP contribution in [0, 0.1) is 0 Å². The number of methoxy groups -OCH3 is 3. The zero-order valence-electron chi connectivity index (χ0n) is 24.3. The van der Waals surface area contributed by atoms with E-state index in [4.69, 9.17) is 66.0 Å². The number of hydrogen-bond donors (Lipinski definition) is 3. The fourth-order valence-corrected chi connectivity index (χ4v) is 1.59. The highest BCUT2D eigenvalue weighted by atomic mass is 28.3. The molecule has 0 spiro atoms. The molecule has 2 radical (unpaired) electrons. The first-order valence-electron chi connectivity index (χ1n) is 12.6. The first-order chi connectivity index (χ1) is 18.5. The smallest absolute Gasteiger partial charge is 0.263 e. The molecule has 0 unspecified atom stereocenters. The Labute approximate surface area is 233 Å². The van der Waals surface area contributed by atoms with E-state index in [0.717, 1.165) is 0 Å². The van der Waals surface area contributed by atoms with Gasteiger partial charge in [0.15, 0.2) is 9.04 Å². The molecule has 0 atom stereocenters. The molecule has 0 fully saturated rings. The normalized spacial score (nSPS) is 10.2. The highest BCUT2D eigenvalue weighted by Gasteiger charge is 1.89. The van der Waals surface area contributed by atoms with Crippen LogP contribution in [0.2, 0.25) is 13.1 Å². The van der Waals surface area contributed by atoms with Crippen molar-refractivity contribution in [2.24, 2.45) is 0 Å². The van der Waals surface area contributed by atoms with Gasteiger partial charge in [0.2, 0.25) is 0 Å². The lowest BCUT2D eigenvalue weighted by Gasteiger charge is -2.03. The lowest BCUT2D eigenvalue weighted by Crippen LogP contribution is -2.09. The number of aliphatic hydroxyl groups excluding tert-OH is 3. The molecule has 0 aliphatic rings. The molecule has 232 valence electrons. The Morgan fingerprint density at radius 1 is 0.421 bits per heavy atom.